The van der Waals surface area contributed by atoms with Gasteiger partial charge in [-0.05, 0) is 32.1 Å². The van der Waals surface area contributed by atoms with Crippen LogP contribution in [0.3, 0.4) is 0 Å². The average molecular weight is 241 g/mol. The van der Waals surface area contributed by atoms with Crippen molar-refractivity contribution >= 4 is 5.97 Å². The van der Waals surface area contributed by atoms with Crippen LogP contribution in [0.4, 0.5) is 0 Å². The molecule has 0 radical (unpaired) electrons. The molecule has 17 heavy (non-hydrogen) atoms. The summed E-state index contributed by atoms with van der Waals surface area (Å²) in [5.74, 6) is -0.711. The van der Waals surface area contributed by atoms with Gasteiger partial charge in [-0.3, -0.25) is 4.79 Å². The lowest BCUT2D eigenvalue weighted by Crippen LogP contribution is -2.34. The molecule has 0 aromatic heterocycles. The molecule has 2 aliphatic rings. The van der Waals surface area contributed by atoms with Crippen LogP contribution >= 0.6 is 0 Å². The second kappa shape index (κ2) is 8.51. The molecule has 0 aromatic carbocycles. The molecule has 2 aliphatic carbocycles. The Morgan fingerprint density at radius 1 is 1.06 bits per heavy atom. The van der Waals surface area contributed by atoms with Gasteiger partial charge in [0.2, 0.25) is 0 Å². The molecule has 0 aromatic rings. The minimum absolute atomic E-state index is 0.292. The van der Waals surface area contributed by atoms with Crippen LogP contribution < -0.4 is 5.32 Å². The molecular weight excluding hydrogens is 214 g/mol. The van der Waals surface area contributed by atoms with Crippen molar-refractivity contribution in [3.05, 3.63) is 0 Å². The normalized spacial score (nSPS) is 21.2. The van der Waals surface area contributed by atoms with Crippen molar-refractivity contribution in [2.24, 2.45) is 0 Å². The molecule has 0 saturated heterocycles. The van der Waals surface area contributed by atoms with Crippen molar-refractivity contribution in [3.8, 4) is 0 Å². The molecule has 0 aliphatic heterocycles. The second-order valence-corrected chi connectivity index (χ2v) is 5.27. The van der Waals surface area contributed by atoms with Crippen molar-refractivity contribution in [3.63, 3.8) is 0 Å². The first-order valence-corrected chi connectivity index (χ1v) is 7.20. The number of nitrogens with one attached hydrogen (secondary N) is 1. The lowest BCUT2D eigenvalue weighted by molar-refractivity contribution is -0.137. The summed E-state index contributed by atoms with van der Waals surface area (Å²) in [6, 6.07) is 1.77. The van der Waals surface area contributed by atoms with Gasteiger partial charge < -0.3 is 10.4 Å². The van der Waals surface area contributed by atoms with E-state index >= 15 is 0 Å². The third-order valence-corrected chi connectivity index (χ3v) is 3.65. The predicted molar refractivity (Wildman–Crippen MR) is 70.2 cm³/mol. The highest BCUT2D eigenvalue weighted by molar-refractivity contribution is 5.66. The van der Waals surface area contributed by atoms with Gasteiger partial charge in [0.25, 0.3) is 0 Å². The van der Waals surface area contributed by atoms with Crippen molar-refractivity contribution in [1.82, 2.24) is 5.32 Å². The average Bonchev–Trinajstić information content (AvgIpc) is 2.92. The topological polar surface area (TPSA) is 49.3 Å². The molecule has 100 valence electrons. The molecule has 0 unspecified atom stereocenters. The van der Waals surface area contributed by atoms with Gasteiger partial charge in [0, 0.05) is 18.5 Å². The minimum atomic E-state index is -0.711. The van der Waals surface area contributed by atoms with Crippen LogP contribution in [0.2, 0.25) is 0 Å². The third kappa shape index (κ3) is 6.67. The summed E-state index contributed by atoms with van der Waals surface area (Å²) in [6.45, 7) is 1.84. The Morgan fingerprint density at radius 3 is 1.71 bits per heavy atom. The SMILES string of the molecule is C1CCC(NC2CCCC2)C1.CCCC(=O)O. The van der Waals surface area contributed by atoms with Crippen LogP contribution in [0, 0.1) is 0 Å². The number of carboxylic acid groups (broad SMARTS) is 1. The summed E-state index contributed by atoms with van der Waals surface area (Å²) in [6.07, 6.45) is 12.6. The smallest absolute Gasteiger partial charge is 0.303 e. The van der Waals surface area contributed by atoms with Crippen molar-refractivity contribution in [2.45, 2.75) is 83.2 Å². The summed E-state index contributed by atoms with van der Waals surface area (Å²) >= 11 is 0. The van der Waals surface area contributed by atoms with E-state index in [0.29, 0.717) is 6.42 Å². The van der Waals surface area contributed by atoms with Gasteiger partial charge in [0.05, 0.1) is 0 Å². The van der Waals surface area contributed by atoms with E-state index in [-0.39, 0.29) is 0 Å². The van der Waals surface area contributed by atoms with E-state index in [0.717, 1.165) is 18.5 Å². The van der Waals surface area contributed by atoms with Crippen LogP contribution in [0.25, 0.3) is 0 Å². The lowest BCUT2D eigenvalue weighted by atomic mass is 10.2. The van der Waals surface area contributed by atoms with E-state index in [2.05, 4.69) is 5.32 Å². The molecular formula is C14H27NO2. The number of carbonyl (C=O) groups is 1. The fraction of sp³-hybridized carbons (Fsp3) is 0.929. The maximum Gasteiger partial charge on any atom is 0.303 e. The summed E-state index contributed by atoms with van der Waals surface area (Å²) in [4.78, 5) is 9.60. The second-order valence-electron chi connectivity index (χ2n) is 5.27. The Morgan fingerprint density at radius 2 is 1.47 bits per heavy atom. The van der Waals surface area contributed by atoms with Crippen molar-refractivity contribution < 1.29 is 9.90 Å². The van der Waals surface area contributed by atoms with Gasteiger partial charge in [0.15, 0.2) is 0 Å². The number of carboxylic acids is 1. The molecule has 0 bridgehead atoms. The zero-order valence-corrected chi connectivity index (χ0v) is 11.1. The van der Waals surface area contributed by atoms with Crippen LogP contribution in [0.1, 0.15) is 71.1 Å². The standard InChI is InChI=1S/C10H19N.C4H8O2/c1-2-6-9(5-1)11-10-7-3-4-8-10;1-2-3-4(5)6/h9-11H,1-8H2;2-3H2,1H3,(H,5,6). The van der Waals surface area contributed by atoms with Gasteiger partial charge in [-0.25, -0.2) is 0 Å². The van der Waals surface area contributed by atoms with E-state index in [4.69, 9.17) is 5.11 Å². The lowest BCUT2D eigenvalue weighted by Gasteiger charge is -2.17. The largest absolute Gasteiger partial charge is 0.481 e. The van der Waals surface area contributed by atoms with Gasteiger partial charge in [-0.15, -0.1) is 0 Å². The van der Waals surface area contributed by atoms with E-state index in [1.807, 2.05) is 6.92 Å². The van der Waals surface area contributed by atoms with Crippen LogP contribution in [-0.2, 0) is 4.79 Å². The van der Waals surface area contributed by atoms with E-state index in [1.165, 1.54) is 51.4 Å². The Bertz CT molecular complexity index is 192. The highest BCUT2D eigenvalue weighted by Crippen LogP contribution is 2.23. The van der Waals surface area contributed by atoms with Gasteiger partial charge >= 0.3 is 5.97 Å². The first-order chi connectivity index (χ1) is 8.22. The minimum Gasteiger partial charge on any atom is -0.481 e. The fourth-order valence-corrected chi connectivity index (χ4v) is 2.73. The number of aliphatic carboxylic acids is 1. The summed E-state index contributed by atoms with van der Waals surface area (Å²) < 4.78 is 0. The Kier molecular flexibility index (Phi) is 7.25. The molecule has 2 N–H and O–H groups in total. The van der Waals surface area contributed by atoms with Crippen molar-refractivity contribution in [1.29, 1.82) is 0 Å². The first-order valence-electron chi connectivity index (χ1n) is 7.20. The number of rotatable bonds is 4. The molecule has 3 heteroatoms. The fourth-order valence-electron chi connectivity index (χ4n) is 2.73. The summed E-state index contributed by atoms with van der Waals surface area (Å²) in [7, 11) is 0. The monoisotopic (exact) mass is 241 g/mol. The highest BCUT2D eigenvalue weighted by Gasteiger charge is 2.21. The molecule has 0 atom stereocenters. The number of hydrogen-bond donors (Lipinski definition) is 2. The Balaban J connectivity index is 0.000000209. The maximum absolute atomic E-state index is 9.60. The van der Waals surface area contributed by atoms with Gasteiger partial charge in [-0.1, -0.05) is 32.6 Å². The Labute approximate surface area is 105 Å². The summed E-state index contributed by atoms with van der Waals surface area (Å²) in [5, 5.41) is 11.7. The molecule has 0 spiro atoms. The molecule has 0 heterocycles. The zero-order valence-electron chi connectivity index (χ0n) is 11.1. The van der Waals surface area contributed by atoms with Crippen LogP contribution in [0.15, 0.2) is 0 Å². The molecule has 2 saturated carbocycles. The van der Waals surface area contributed by atoms with E-state index < -0.39 is 5.97 Å². The van der Waals surface area contributed by atoms with E-state index in [9.17, 15) is 4.79 Å². The van der Waals surface area contributed by atoms with E-state index in [1.54, 1.807) is 0 Å². The first kappa shape index (κ1) is 14.5. The molecule has 2 fully saturated rings. The quantitative estimate of drug-likeness (QED) is 0.793. The number of hydrogen-bond acceptors (Lipinski definition) is 2. The maximum atomic E-state index is 9.60. The van der Waals surface area contributed by atoms with Crippen LogP contribution in [0.5, 0.6) is 0 Å². The highest BCUT2D eigenvalue weighted by atomic mass is 16.4. The predicted octanol–water partition coefficient (Wildman–Crippen LogP) is 3.33. The third-order valence-electron chi connectivity index (χ3n) is 3.65. The molecule has 3 nitrogen and oxygen atoms in total. The van der Waals surface area contributed by atoms with Gasteiger partial charge in [-0.2, -0.15) is 0 Å². The zero-order chi connectivity index (χ0) is 12.5. The summed E-state index contributed by atoms with van der Waals surface area (Å²) in [5.41, 5.74) is 0. The van der Waals surface area contributed by atoms with Gasteiger partial charge in [0.1, 0.15) is 0 Å². The van der Waals surface area contributed by atoms with Crippen LogP contribution in [-0.4, -0.2) is 23.2 Å². The molecule has 2 rings (SSSR count). The Hall–Kier alpha value is -0.570. The molecule has 0 amide bonds. The van der Waals surface area contributed by atoms with Crippen molar-refractivity contribution in [2.75, 3.05) is 0 Å².